The third-order valence-corrected chi connectivity index (χ3v) is 3.83. The number of primary amides is 1. The summed E-state index contributed by atoms with van der Waals surface area (Å²) in [5.74, 6) is 0. The predicted molar refractivity (Wildman–Crippen MR) is 75.9 cm³/mol. The van der Waals surface area contributed by atoms with Gasteiger partial charge in [0.2, 0.25) is 0 Å². The smallest absolute Gasteiger partial charge is 0.404 e. The molecule has 2 N–H and O–H groups in total. The Morgan fingerprint density at radius 2 is 2.00 bits per heavy atom. The Balaban J connectivity index is 2.23. The van der Waals surface area contributed by atoms with Crippen molar-refractivity contribution in [1.29, 1.82) is 0 Å². The fraction of sp³-hybridized carbons (Fsp3) is 0.154. The fourth-order valence-corrected chi connectivity index (χ4v) is 2.67. The summed E-state index contributed by atoms with van der Waals surface area (Å²) >= 11 is 2.32. The second kappa shape index (κ2) is 5.35. The lowest BCUT2D eigenvalue weighted by Gasteiger charge is -2.08. The van der Waals surface area contributed by atoms with Gasteiger partial charge in [-0.25, -0.2) is 4.79 Å². The SMILES string of the molecule is NC(=O)OCCc1ccc2ccccc2c1I. The minimum atomic E-state index is -0.721. The normalized spacial score (nSPS) is 10.4. The summed E-state index contributed by atoms with van der Waals surface area (Å²) in [5, 5.41) is 2.45. The van der Waals surface area contributed by atoms with Gasteiger partial charge in [-0.2, -0.15) is 0 Å². The lowest BCUT2D eigenvalue weighted by atomic mass is 10.1. The van der Waals surface area contributed by atoms with Gasteiger partial charge in [0.25, 0.3) is 0 Å². The van der Waals surface area contributed by atoms with Gasteiger partial charge in [0, 0.05) is 9.99 Å². The second-order valence-electron chi connectivity index (χ2n) is 3.68. The number of ether oxygens (including phenoxy) is 1. The maximum Gasteiger partial charge on any atom is 0.404 e. The van der Waals surface area contributed by atoms with E-state index < -0.39 is 6.09 Å². The molecular formula is C13H12INO2. The van der Waals surface area contributed by atoms with E-state index in [1.165, 1.54) is 19.9 Å². The molecule has 0 aliphatic heterocycles. The monoisotopic (exact) mass is 341 g/mol. The summed E-state index contributed by atoms with van der Waals surface area (Å²) in [4.78, 5) is 10.5. The Morgan fingerprint density at radius 3 is 2.76 bits per heavy atom. The molecular weight excluding hydrogens is 329 g/mol. The van der Waals surface area contributed by atoms with E-state index in [0.29, 0.717) is 13.0 Å². The first-order chi connectivity index (χ1) is 8.18. The van der Waals surface area contributed by atoms with Crippen LogP contribution in [-0.2, 0) is 11.2 Å². The highest BCUT2D eigenvalue weighted by Gasteiger charge is 2.05. The van der Waals surface area contributed by atoms with E-state index in [0.717, 1.165) is 0 Å². The van der Waals surface area contributed by atoms with Gasteiger partial charge >= 0.3 is 6.09 Å². The number of hydrogen-bond donors (Lipinski definition) is 1. The first-order valence-corrected chi connectivity index (χ1v) is 6.34. The maximum absolute atomic E-state index is 10.5. The molecule has 1 amide bonds. The zero-order chi connectivity index (χ0) is 12.3. The number of hydrogen-bond acceptors (Lipinski definition) is 2. The number of amides is 1. The largest absolute Gasteiger partial charge is 0.449 e. The van der Waals surface area contributed by atoms with Crippen molar-refractivity contribution in [3.8, 4) is 0 Å². The highest BCUT2D eigenvalue weighted by Crippen LogP contribution is 2.24. The van der Waals surface area contributed by atoms with Crippen LogP contribution >= 0.6 is 22.6 Å². The molecule has 0 atom stereocenters. The molecule has 0 saturated heterocycles. The molecule has 0 bridgehead atoms. The summed E-state index contributed by atoms with van der Waals surface area (Å²) < 4.78 is 5.95. The van der Waals surface area contributed by atoms with Crippen LogP contribution in [0.3, 0.4) is 0 Å². The third kappa shape index (κ3) is 2.88. The van der Waals surface area contributed by atoms with Crippen molar-refractivity contribution in [3.05, 3.63) is 45.5 Å². The minimum Gasteiger partial charge on any atom is -0.449 e. The number of carbonyl (C=O) groups excluding carboxylic acids is 1. The van der Waals surface area contributed by atoms with Gasteiger partial charge in [-0.1, -0.05) is 36.4 Å². The summed E-state index contributed by atoms with van der Waals surface area (Å²) in [7, 11) is 0. The van der Waals surface area contributed by atoms with Gasteiger partial charge in [-0.3, -0.25) is 0 Å². The third-order valence-electron chi connectivity index (χ3n) is 2.56. The number of carbonyl (C=O) groups is 1. The molecule has 4 heteroatoms. The van der Waals surface area contributed by atoms with E-state index >= 15 is 0 Å². The number of halogens is 1. The quantitative estimate of drug-likeness (QED) is 0.873. The van der Waals surface area contributed by atoms with E-state index in [2.05, 4.69) is 46.9 Å². The Labute approximate surface area is 113 Å². The van der Waals surface area contributed by atoms with Crippen molar-refractivity contribution in [1.82, 2.24) is 0 Å². The van der Waals surface area contributed by atoms with Crippen LogP contribution in [0.2, 0.25) is 0 Å². The van der Waals surface area contributed by atoms with Crippen molar-refractivity contribution in [3.63, 3.8) is 0 Å². The molecule has 2 aromatic rings. The molecule has 0 radical (unpaired) electrons. The second-order valence-corrected chi connectivity index (χ2v) is 4.76. The van der Waals surface area contributed by atoms with Gasteiger partial charge in [0.05, 0.1) is 6.61 Å². The summed E-state index contributed by atoms with van der Waals surface area (Å²) in [6.45, 7) is 0.323. The van der Waals surface area contributed by atoms with E-state index in [1.54, 1.807) is 0 Å². The number of benzene rings is 2. The Bertz CT molecular complexity index is 554. The maximum atomic E-state index is 10.5. The number of fused-ring (bicyclic) bond motifs is 1. The Hall–Kier alpha value is -1.30. The minimum absolute atomic E-state index is 0.323. The van der Waals surface area contributed by atoms with Crippen molar-refractivity contribution >= 4 is 39.5 Å². The molecule has 2 aromatic carbocycles. The Morgan fingerprint density at radius 1 is 1.24 bits per heavy atom. The highest BCUT2D eigenvalue weighted by molar-refractivity contribution is 14.1. The van der Waals surface area contributed by atoms with Crippen LogP contribution in [-0.4, -0.2) is 12.7 Å². The highest BCUT2D eigenvalue weighted by atomic mass is 127. The van der Waals surface area contributed by atoms with Crippen LogP contribution in [0.15, 0.2) is 36.4 Å². The zero-order valence-corrected chi connectivity index (χ0v) is 11.3. The molecule has 0 aliphatic rings. The Kier molecular flexibility index (Phi) is 3.83. The van der Waals surface area contributed by atoms with Crippen LogP contribution in [0.1, 0.15) is 5.56 Å². The molecule has 0 unspecified atom stereocenters. The average molecular weight is 341 g/mol. The molecule has 2 rings (SSSR count). The molecule has 0 aliphatic carbocycles. The average Bonchev–Trinajstić information content (AvgIpc) is 2.32. The topological polar surface area (TPSA) is 52.3 Å². The molecule has 0 heterocycles. The first-order valence-electron chi connectivity index (χ1n) is 5.27. The molecule has 0 spiro atoms. The van der Waals surface area contributed by atoms with E-state index in [4.69, 9.17) is 10.5 Å². The van der Waals surface area contributed by atoms with Crippen LogP contribution in [0.5, 0.6) is 0 Å². The summed E-state index contributed by atoms with van der Waals surface area (Å²) in [6.07, 6.45) is -0.0349. The van der Waals surface area contributed by atoms with Gasteiger partial charge in [0.15, 0.2) is 0 Å². The zero-order valence-electron chi connectivity index (χ0n) is 9.15. The van der Waals surface area contributed by atoms with E-state index in [-0.39, 0.29) is 0 Å². The van der Waals surface area contributed by atoms with Crippen LogP contribution in [0.25, 0.3) is 10.8 Å². The van der Waals surface area contributed by atoms with Crippen molar-refractivity contribution in [2.75, 3.05) is 6.61 Å². The van der Waals surface area contributed by atoms with Crippen molar-refractivity contribution < 1.29 is 9.53 Å². The van der Waals surface area contributed by atoms with Crippen molar-refractivity contribution in [2.24, 2.45) is 5.73 Å². The van der Waals surface area contributed by atoms with Crippen LogP contribution in [0.4, 0.5) is 4.79 Å². The van der Waals surface area contributed by atoms with E-state index in [1.807, 2.05) is 12.1 Å². The van der Waals surface area contributed by atoms with Crippen molar-refractivity contribution in [2.45, 2.75) is 6.42 Å². The summed E-state index contributed by atoms with van der Waals surface area (Å²) in [6, 6.07) is 12.4. The molecule has 17 heavy (non-hydrogen) atoms. The van der Waals surface area contributed by atoms with Gasteiger partial charge in [-0.15, -0.1) is 0 Å². The standard InChI is InChI=1S/C13H12INO2/c14-12-10(7-8-17-13(15)16)6-5-9-3-1-2-4-11(9)12/h1-6H,7-8H2,(H2,15,16). The number of rotatable bonds is 3. The lowest BCUT2D eigenvalue weighted by molar-refractivity contribution is 0.158. The van der Waals surface area contributed by atoms with Crippen LogP contribution in [0, 0.1) is 3.57 Å². The van der Waals surface area contributed by atoms with Gasteiger partial charge in [-0.05, 0) is 38.9 Å². The van der Waals surface area contributed by atoms with E-state index in [9.17, 15) is 4.79 Å². The fourth-order valence-electron chi connectivity index (χ4n) is 1.73. The first kappa shape index (κ1) is 12.2. The molecule has 0 aromatic heterocycles. The predicted octanol–water partition coefficient (Wildman–Crippen LogP) is 3.08. The number of nitrogens with two attached hydrogens (primary N) is 1. The summed E-state index contributed by atoms with van der Waals surface area (Å²) in [5.41, 5.74) is 6.09. The van der Waals surface area contributed by atoms with Crippen LogP contribution < -0.4 is 5.73 Å². The molecule has 88 valence electrons. The van der Waals surface area contributed by atoms with Gasteiger partial charge in [0.1, 0.15) is 0 Å². The molecule has 0 fully saturated rings. The molecule has 0 saturated carbocycles. The molecule has 3 nitrogen and oxygen atoms in total. The lowest BCUT2D eigenvalue weighted by Crippen LogP contribution is -2.15. The van der Waals surface area contributed by atoms with Gasteiger partial charge < -0.3 is 10.5 Å².